The highest BCUT2D eigenvalue weighted by molar-refractivity contribution is 5.92. The fourth-order valence-corrected chi connectivity index (χ4v) is 3.84. The molecule has 0 aromatic heterocycles. The van der Waals surface area contributed by atoms with Crippen molar-refractivity contribution in [1.82, 2.24) is 10.6 Å². The van der Waals surface area contributed by atoms with Gasteiger partial charge >= 0.3 is 12.1 Å². The zero-order valence-electron chi connectivity index (χ0n) is 19.4. The molecular formula is C25H29N3O6. The van der Waals surface area contributed by atoms with Crippen LogP contribution in [0.25, 0.3) is 11.1 Å². The number of hydrogen-bond donors (Lipinski definition) is 3. The molecule has 0 saturated carbocycles. The summed E-state index contributed by atoms with van der Waals surface area (Å²) in [5, 5.41) is 4.69. The van der Waals surface area contributed by atoms with Crippen molar-refractivity contribution in [3.8, 4) is 11.1 Å². The van der Waals surface area contributed by atoms with Crippen molar-refractivity contribution in [3.05, 3.63) is 59.7 Å². The SMILES string of the molecule is CC(C)(C)OC(=O)C[C@H](NC(=O)OCC1c2ccccc2-c2ccccc21)C(=O)NCC(N)=O. The Labute approximate surface area is 198 Å². The van der Waals surface area contributed by atoms with Gasteiger partial charge in [-0.25, -0.2) is 4.79 Å². The van der Waals surface area contributed by atoms with E-state index in [9.17, 15) is 19.2 Å². The summed E-state index contributed by atoms with van der Waals surface area (Å²) in [6.45, 7) is 4.67. The number of benzene rings is 2. The van der Waals surface area contributed by atoms with Crippen LogP contribution in [0, 0.1) is 0 Å². The predicted molar refractivity (Wildman–Crippen MR) is 125 cm³/mol. The maximum atomic E-state index is 12.6. The topological polar surface area (TPSA) is 137 Å². The zero-order valence-corrected chi connectivity index (χ0v) is 19.4. The van der Waals surface area contributed by atoms with Crippen molar-refractivity contribution in [2.45, 2.75) is 44.8 Å². The van der Waals surface area contributed by atoms with Crippen molar-refractivity contribution in [2.24, 2.45) is 5.73 Å². The number of carbonyl (C=O) groups excluding carboxylic acids is 4. The van der Waals surface area contributed by atoms with E-state index in [0.29, 0.717) is 0 Å². The number of fused-ring (bicyclic) bond motifs is 3. The Hall–Kier alpha value is -3.88. The summed E-state index contributed by atoms with van der Waals surface area (Å²) in [5.74, 6) is -2.36. The third-order valence-electron chi connectivity index (χ3n) is 5.18. The number of primary amides is 1. The lowest BCUT2D eigenvalue weighted by atomic mass is 9.98. The minimum Gasteiger partial charge on any atom is -0.460 e. The van der Waals surface area contributed by atoms with Gasteiger partial charge < -0.3 is 25.8 Å². The molecule has 180 valence electrons. The molecule has 9 nitrogen and oxygen atoms in total. The van der Waals surface area contributed by atoms with Gasteiger partial charge in [-0.2, -0.15) is 0 Å². The van der Waals surface area contributed by atoms with E-state index in [1.54, 1.807) is 20.8 Å². The minimum atomic E-state index is -1.30. The molecule has 4 N–H and O–H groups in total. The highest BCUT2D eigenvalue weighted by atomic mass is 16.6. The molecule has 34 heavy (non-hydrogen) atoms. The molecular weight excluding hydrogens is 438 g/mol. The minimum absolute atomic E-state index is 0.0436. The van der Waals surface area contributed by atoms with Crippen molar-refractivity contribution < 1.29 is 28.7 Å². The fraction of sp³-hybridized carbons (Fsp3) is 0.360. The molecule has 0 bridgehead atoms. The molecule has 0 unspecified atom stereocenters. The average Bonchev–Trinajstić information content (AvgIpc) is 3.08. The van der Waals surface area contributed by atoms with E-state index in [0.717, 1.165) is 22.3 Å². The molecule has 9 heteroatoms. The molecule has 1 aliphatic carbocycles. The molecule has 2 aromatic rings. The van der Waals surface area contributed by atoms with E-state index < -0.39 is 48.5 Å². The number of nitrogens with one attached hydrogen (secondary N) is 2. The van der Waals surface area contributed by atoms with Crippen molar-refractivity contribution in [2.75, 3.05) is 13.2 Å². The lowest BCUT2D eigenvalue weighted by Crippen LogP contribution is -2.50. The van der Waals surface area contributed by atoms with E-state index in [2.05, 4.69) is 10.6 Å². The monoisotopic (exact) mass is 467 g/mol. The number of esters is 1. The first kappa shape index (κ1) is 24.8. The molecule has 0 heterocycles. The number of amides is 3. The maximum absolute atomic E-state index is 12.6. The second-order valence-electron chi connectivity index (χ2n) is 9.00. The Bertz CT molecular complexity index is 1050. The van der Waals surface area contributed by atoms with Crippen LogP contribution < -0.4 is 16.4 Å². The van der Waals surface area contributed by atoms with Gasteiger partial charge in [-0.15, -0.1) is 0 Å². The molecule has 0 spiro atoms. The standard InChI is InChI=1S/C25H29N3O6/c1-25(2,3)34-22(30)12-20(23(31)27-13-21(26)29)28-24(32)33-14-19-17-10-6-4-8-15(17)16-9-5-7-11-18(16)19/h4-11,19-20H,12-14H2,1-3H3,(H2,26,29)(H,27,31)(H,28,32)/t20-/m0/s1. The van der Waals surface area contributed by atoms with Gasteiger partial charge in [-0.3, -0.25) is 14.4 Å². The molecule has 2 aromatic carbocycles. The van der Waals surface area contributed by atoms with Crippen LogP contribution in [0.3, 0.4) is 0 Å². The van der Waals surface area contributed by atoms with Gasteiger partial charge in [0.15, 0.2) is 0 Å². The van der Waals surface area contributed by atoms with Crippen LogP contribution in [0.15, 0.2) is 48.5 Å². The van der Waals surface area contributed by atoms with E-state index in [-0.39, 0.29) is 12.5 Å². The number of hydrogen-bond acceptors (Lipinski definition) is 6. The summed E-state index contributed by atoms with van der Waals surface area (Å²) in [6.07, 6.45) is -1.31. The van der Waals surface area contributed by atoms with Crippen LogP contribution >= 0.6 is 0 Å². The van der Waals surface area contributed by atoms with Gasteiger partial charge in [-0.1, -0.05) is 48.5 Å². The fourth-order valence-electron chi connectivity index (χ4n) is 3.84. The summed E-state index contributed by atoms with van der Waals surface area (Å²) in [5.41, 5.74) is 8.55. The van der Waals surface area contributed by atoms with Crippen LogP contribution in [-0.4, -0.2) is 48.7 Å². The van der Waals surface area contributed by atoms with Crippen LogP contribution in [0.1, 0.15) is 44.2 Å². The lowest BCUT2D eigenvalue weighted by molar-refractivity contribution is -0.156. The number of alkyl carbamates (subject to hydrolysis) is 1. The van der Waals surface area contributed by atoms with Crippen molar-refractivity contribution in [1.29, 1.82) is 0 Å². The molecule has 3 amide bonds. The average molecular weight is 468 g/mol. The highest BCUT2D eigenvalue weighted by Crippen LogP contribution is 2.44. The van der Waals surface area contributed by atoms with Crippen molar-refractivity contribution >= 4 is 23.9 Å². The molecule has 0 aliphatic heterocycles. The third-order valence-corrected chi connectivity index (χ3v) is 5.18. The smallest absolute Gasteiger partial charge is 0.407 e. The number of carbonyl (C=O) groups is 4. The second-order valence-corrected chi connectivity index (χ2v) is 9.00. The Kier molecular flexibility index (Phi) is 7.55. The summed E-state index contributed by atoms with van der Waals surface area (Å²) < 4.78 is 10.7. The highest BCUT2D eigenvalue weighted by Gasteiger charge is 2.31. The van der Waals surface area contributed by atoms with Crippen LogP contribution in [0.2, 0.25) is 0 Å². The van der Waals surface area contributed by atoms with E-state index in [1.165, 1.54) is 0 Å². The number of ether oxygens (including phenoxy) is 2. The molecule has 1 atom stereocenters. The Balaban J connectivity index is 1.67. The number of rotatable bonds is 8. The van der Waals surface area contributed by atoms with Gasteiger partial charge in [0.2, 0.25) is 11.8 Å². The van der Waals surface area contributed by atoms with E-state index in [4.69, 9.17) is 15.2 Å². The zero-order chi connectivity index (χ0) is 24.9. The molecule has 3 rings (SSSR count). The van der Waals surface area contributed by atoms with E-state index >= 15 is 0 Å². The van der Waals surface area contributed by atoms with Gasteiger partial charge in [0.25, 0.3) is 0 Å². The summed E-state index contributed by atoms with van der Waals surface area (Å²) >= 11 is 0. The predicted octanol–water partition coefficient (Wildman–Crippen LogP) is 2.23. The van der Waals surface area contributed by atoms with Gasteiger partial charge in [0.05, 0.1) is 13.0 Å². The molecule has 1 aliphatic rings. The van der Waals surface area contributed by atoms with Crippen LogP contribution in [0.4, 0.5) is 4.79 Å². The van der Waals surface area contributed by atoms with Crippen molar-refractivity contribution in [3.63, 3.8) is 0 Å². The third kappa shape index (κ3) is 6.34. The van der Waals surface area contributed by atoms with Gasteiger partial charge in [-0.05, 0) is 43.0 Å². The normalized spacial score (nSPS) is 13.3. The molecule has 0 fully saturated rings. The summed E-state index contributed by atoms with van der Waals surface area (Å²) in [6, 6.07) is 14.5. The quantitative estimate of drug-likeness (QED) is 0.509. The second kappa shape index (κ2) is 10.4. The van der Waals surface area contributed by atoms with Crippen LogP contribution in [-0.2, 0) is 23.9 Å². The first-order valence-electron chi connectivity index (χ1n) is 10.9. The maximum Gasteiger partial charge on any atom is 0.407 e. The Morgan fingerprint density at radius 1 is 0.971 bits per heavy atom. The summed E-state index contributed by atoms with van der Waals surface area (Å²) in [4.78, 5) is 48.3. The van der Waals surface area contributed by atoms with Crippen LogP contribution in [0.5, 0.6) is 0 Å². The van der Waals surface area contributed by atoms with Gasteiger partial charge in [0, 0.05) is 5.92 Å². The largest absolute Gasteiger partial charge is 0.460 e. The first-order chi connectivity index (χ1) is 16.0. The molecule has 0 radical (unpaired) electrons. The Morgan fingerprint density at radius 2 is 1.53 bits per heavy atom. The first-order valence-corrected chi connectivity index (χ1v) is 10.9. The van der Waals surface area contributed by atoms with E-state index in [1.807, 2.05) is 48.5 Å². The summed E-state index contributed by atoms with van der Waals surface area (Å²) in [7, 11) is 0. The molecule has 0 saturated heterocycles. The number of nitrogens with two attached hydrogens (primary N) is 1. The Morgan fingerprint density at radius 3 is 2.06 bits per heavy atom. The lowest BCUT2D eigenvalue weighted by Gasteiger charge is -2.22. The van der Waals surface area contributed by atoms with Gasteiger partial charge in [0.1, 0.15) is 18.2 Å².